The maximum absolute atomic E-state index is 13.5. The largest absolute Gasteiger partial charge is 0.494 e. The van der Waals surface area contributed by atoms with Crippen molar-refractivity contribution in [3.63, 3.8) is 0 Å². The summed E-state index contributed by atoms with van der Waals surface area (Å²) in [7, 11) is 1.39. The molecule has 1 fully saturated rings. The zero-order valence-electron chi connectivity index (χ0n) is 10.6. The molecule has 2 rings (SSSR count). The lowest BCUT2D eigenvalue weighted by atomic mass is 9.86. The lowest BCUT2D eigenvalue weighted by molar-refractivity contribution is -0.170. The second-order valence-corrected chi connectivity index (χ2v) is 4.58. The zero-order chi connectivity index (χ0) is 13.9. The van der Waals surface area contributed by atoms with Crippen molar-refractivity contribution in [3.8, 4) is 5.75 Å². The fraction of sp³-hybridized carbons (Fsp3) is 0.462. The molecule has 0 saturated carbocycles. The molecule has 0 radical (unpaired) electrons. The Labute approximate surface area is 110 Å². The van der Waals surface area contributed by atoms with Crippen molar-refractivity contribution >= 4 is 5.91 Å². The van der Waals surface area contributed by atoms with Gasteiger partial charge in [0, 0.05) is 6.54 Å². The van der Waals surface area contributed by atoms with E-state index in [9.17, 15) is 14.3 Å². The number of hydrogen-bond donors (Lipinski definition) is 2. The Morgan fingerprint density at radius 3 is 2.79 bits per heavy atom. The number of aliphatic hydroxyl groups is 1. The summed E-state index contributed by atoms with van der Waals surface area (Å²) in [5, 5.41) is 11.9. The van der Waals surface area contributed by atoms with Crippen molar-refractivity contribution in [1.29, 1.82) is 0 Å². The summed E-state index contributed by atoms with van der Waals surface area (Å²) in [6.07, 6.45) is 0. The number of benzene rings is 1. The molecular formula is C13H16FNO4. The van der Waals surface area contributed by atoms with Gasteiger partial charge in [0.15, 0.2) is 11.6 Å². The fourth-order valence-corrected chi connectivity index (χ4v) is 1.83. The van der Waals surface area contributed by atoms with E-state index >= 15 is 0 Å². The summed E-state index contributed by atoms with van der Waals surface area (Å²) in [5.41, 5.74) is -0.217. The van der Waals surface area contributed by atoms with E-state index in [1.54, 1.807) is 6.07 Å². The predicted molar refractivity (Wildman–Crippen MR) is 65.1 cm³/mol. The molecule has 1 aliphatic rings. The number of rotatable bonds is 5. The lowest BCUT2D eigenvalue weighted by Gasteiger charge is -2.38. The smallest absolute Gasteiger partial charge is 0.233 e. The van der Waals surface area contributed by atoms with Crippen LogP contribution >= 0.6 is 0 Å². The number of aliphatic hydroxyl groups excluding tert-OH is 1. The molecule has 1 aromatic rings. The number of hydrogen-bond acceptors (Lipinski definition) is 4. The van der Waals surface area contributed by atoms with E-state index < -0.39 is 11.2 Å². The Morgan fingerprint density at radius 1 is 1.58 bits per heavy atom. The van der Waals surface area contributed by atoms with Gasteiger partial charge < -0.3 is 19.9 Å². The molecule has 1 aliphatic heterocycles. The highest BCUT2D eigenvalue weighted by Gasteiger charge is 2.45. The minimum absolute atomic E-state index is 0.161. The molecule has 0 bridgehead atoms. The van der Waals surface area contributed by atoms with Crippen molar-refractivity contribution in [1.82, 2.24) is 5.32 Å². The van der Waals surface area contributed by atoms with Crippen molar-refractivity contribution in [2.45, 2.75) is 6.54 Å². The van der Waals surface area contributed by atoms with Crippen LogP contribution in [0.15, 0.2) is 18.2 Å². The summed E-state index contributed by atoms with van der Waals surface area (Å²) < 4.78 is 23.2. The molecule has 1 amide bonds. The first-order valence-electron chi connectivity index (χ1n) is 5.90. The number of ether oxygens (including phenoxy) is 2. The molecule has 0 aromatic heterocycles. The minimum Gasteiger partial charge on any atom is -0.494 e. The quantitative estimate of drug-likeness (QED) is 0.815. The third-order valence-corrected chi connectivity index (χ3v) is 3.21. The van der Waals surface area contributed by atoms with E-state index in [1.165, 1.54) is 19.2 Å². The molecule has 0 atom stereocenters. The van der Waals surface area contributed by atoms with Gasteiger partial charge in [0.1, 0.15) is 5.41 Å². The Bertz CT molecular complexity index is 468. The van der Waals surface area contributed by atoms with Crippen LogP contribution in [0.3, 0.4) is 0 Å². The molecule has 1 heterocycles. The maximum atomic E-state index is 13.5. The molecule has 0 unspecified atom stereocenters. The molecule has 1 saturated heterocycles. The van der Waals surface area contributed by atoms with Crippen LogP contribution in [0.25, 0.3) is 0 Å². The summed E-state index contributed by atoms with van der Waals surface area (Å²) in [6, 6.07) is 4.48. The molecule has 5 nitrogen and oxygen atoms in total. The third-order valence-electron chi connectivity index (χ3n) is 3.21. The van der Waals surface area contributed by atoms with Crippen LogP contribution in [-0.4, -0.2) is 37.9 Å². The van der Waals surface area contributed by atoms with Gasteiger partial charge >= 0.3 is 0 Å². The van der Waals surface area contributed by atoms with Gasteiger partial charge in [0.05, 0.1) is 26.9 Å². The third kappa shape index (κ3) is 2.69. The number of halogens is 1. The van der Waals surface area contributed by atoms with Crippen LogP contribution in [0, 0.1) is 11.2 Å². The van der Waals surface area contributed by atoms with Gasteiger partial charge in [-0.1, -0.05) is 6.07 Å². The highest BCUT2D eigenvalue weighted by molar-refractivity contribution is 5.83. The van der Waals surface area contributed by atoms with Gasteiger partial charge in [0.25, 0.3) is 0 Å². The highest BCUT2D eigenvalue weighted by Crippen LogP contribution is 2.27. The van der Waals surface area contributed by atoms with Gasteiger partial charge in [-0.25, -0.2) is 4.39 Å². The van der Waals surface area contributed by atoms with Gasteiger partial charge in [-0.15, -0.1) is 0 Å². The molecule has 104 valence electrons. The van der Waals surface area contributed by atoms with Crippen LogP contribution in [0.4, 0.5) is 4.39 Å². The summed E-state index contributed by atoms with van der Waals surface area (Å²) in [6.45, 7) is 0.371. The number of methoxy groups -OCH3 is 1. The van der Waals surface area contributed by atoms with Gasteiger partial charge in [-0.3, -0.25) is 4.79 Å². The highest BCUT2D eigenvalue weighted by atomic mass is 19.1. The molecule has 6 heteroatoms. The zero-order valence-corrected chi connectivity index (χ0v) is 10.6. The van der Waals surface area contributed by atoms with E-state index in [0.717, 1.165) is 0 Å². The van der Waals surface area contributed by atoms with Gasteiger partial charge in [0.2, 0.25) is 5.91 Å². The average molecular weight is 269 g/mol. The molecule has 0 spiro atoms. The fourth-order valence-electron chi connectivity index (χ4n) is 1.83. The van der Waals surface area contributed by atoms with Crippen LogP contribution in [-0.2, 0) is 16.1 Å². The second-order valence-electron chi connectivity index (χ2n) is 4.58. The Morgan fingerprint density at radius 2 is 2.32 bits per heavy atom. The first-order chi connectivity index (χ1) is 9.11. The van der Waals surface area contributed by atoms with Crippen LogP contribution in [0.5, 0.6) is 5.75 Å². The van der Waals surface area contributed by atoms with Crippen molar-refractivity contribution in [3.05, 3.63) is 29.6 Å². The first-order valence-corrected chi connectivity index (χ1v) is 5.90. The molecule has 2 N–H and O–H groups in total. The topological polar surface area (TPSA) is 67.8 Å². The molecule has 19 heavy (non-hydrogen) atoms. The monoisotopic (exact) mass is 269 g/mol. The lowest BCUT2D eigenvalue weighted by Crippen LogP contribution is -2.56. The van der Waals surface area contributed by atoms with Crippen LogP contribution < -0.4 is 10.1 Å². The maximum Gasteiger partial charge on any atom is 0.233 e. The Hall–Kier alpha value is -1.66. The van der Waals surface area contributed by atoms with E-state index in [0.29, 0.717) is 5.56 Å². The minimum atomic E-state index is -0.842. The standard InChI is InChI=1S/C13H16FNO4/c1-18-11-3-2-9(4-10(11)14)5-15-12(17)13(6-16)7-19-8-13/h2-4,16H,5-8H2,1H3,(H,15,17). The van der Waals surface area contributed by atoms with Crippen molar-refractivity contribution in [2.24, 2.45) is 5.41 Å². The number of amides is 1. The first kappa shape index (κ1) is 13.8. The van der Waals surface area contributed by atoms with Crippen molar-refractivity contribution in [2.75, 3.05) is 26.9 Å². The van der Waals surface area contributed by atoms with E-state index in [-0.39, 0.29) is 38.0 Å². The van der Waals surface area contributed by atoms with Gasteiger partial charge in [-0.2, -0.15) is 0 Å². The normalized spacial score (nSPS) is 16.6. The number of carbonyl (C=O) groups excluding carboxylic acids is 1. The second kappa shape index (κ2) is 5.54. The van der Waals surface area contributed by atoms with E-state index in [4.69, 9.17) is 9.47 Å². The predicted octanol–water partition coefficient (Wildman–Crippen LogP) is 0.459. The summed E-state index contributed by atoms with van der Waals surface area (Å²) in [4.78, 5) is 11.9. The molecular weight excluding hydrogens is 253 g/mol. The van der Waals surface area contributed by atoms with Crippen LogP contribution in [0.2, 0.25) is 0 Å². The number of carbonyl (C=O) groups is 1. The van der Waals surface area contributed by atoms with Crippen molar-refractivity contribution < 1.29 is 23.8 Å². The Kier molecular flexibility index (Phi) is 4.01. The molecule has 1 aromatic carbocycles. The Balaban J connectivity index is 1.95. The van der Waals surface area contributed by atoms with E-state index in [1.807, 2.05) is 0 Å². The molecule has 0 aliphatic carbocycles. The SMILES string of the molecule is COc1ccc(CNC(=O)C2(CO)COC2)cc1F. The van der Waals surface area contributed by atoms with Gasteiger partial charge in [-0.05, 0) is 17.7 Å². The average Bonchev–Trinajstić information content (AvgIpc) is 2.36. The summed E-state index contributed by atoms with van der Waals surface area (Å²) in [5.74, 6) is -0.593. The van der Waals surface area contributed by atoms with E-state index in [2.05, 4.69) is 5.32 Å². The number of nitrogens with one attached hydrogen (secondary N) is 1. The summed E-state index contributed by atoms with van der Waals surface area (Å²) >= 11 is 0. The van der Waals surface area contributed by atoms with Crippen LogP contribution in [0.1, 0.15) is 5.56 Å².